The van der Waals surface area contributed by atoms with Gasteiger partial charge in [-0.2, -0.15) is 0 Å². The van der Waals surface area contributed by atoms with Gasteiger partial charge in [0.05, 0.1) is 6.04 Å². The third-order valence-corrected chi connectivity index (χ3v) is 6.20. The van der Waals surface area contributed by atoms with E-state index in [1.165, 1.54) is 103 Å². The molecule has 0 radical (unpaired) electrons. The van der Waals surface area contributed by atoms with Crippen molar-refractivity contribution in [3.63, 3.8) is 0 Å². The molecule has 0 saturated carbocycles. The molecule has 0 aliphatic heterocycles. The number of carbonyl (C=O) groups excluding carboxylic acids is 1. The van der Waals surface area contributed by atoms with Crippen molar-refractivity contribution in [1.82, 2.24) is 0 Å². The Balaban J connectivity index is 4.17. The van der Waals surface area contributed by atoms with E-state index in [0.29, 0.717) is 5.78 Å². The monoisotopic (exact) mass is 395 g/mol. The van der Waals surface area contributed by atoms with E-state index in [9.17, 15) is 4.79 Å². The minimum Gasteiger partial charge on any atom is -0.321 e. The van der Waals surface area contributed by atoms with Crippen LogP contribution >= 0.6 is 0 Å². The molecule has 0 saturated heterocycles. The van der Waals surface area contributed by atoms with Gasteiger partial charge in [-0.25, -0.2) is 0 Å². The van der Waals surface area contributed by atoms with Gasteiger partial charge in [-0.15, -0.1) is 0 Å². The maximum absolute atomic E-state index is 12.9. The molecule has 0 aromatic carbocycles. The Hall–Kier alpha value is -0.370. The number of rotatable bonds is 22. The average Bonchev–Trinajstić information content (AvgIpc) is 2.70. The number of hydrogen-bond acceptors (Lipinski definition) is 2. The van der Waals surface area contributed by atoms with Crippen LogP contribution in [0.15, 0.2) is 0 Å². The lowest BCUT2D eigenvalue weighted by Gasteiger charge is -2.20. The molecule has 2 heteroatoms. The standard InChI is InChI=1S/C26H53NO/c1-4-7-10-12-14-15-17-20-22-24(21-19-16-13-11-8-5-2)26(28)25(27)23-18-9-6-3/h24-25H,4-23,27H2,1-3H3. The number of carbonyl (C=O) groups is 1. The van der Waals surface area contributed by atoms with E-state index in [0.717, 1.165) is 25.7 Å². The van der Waals surface area contributed by atoms with Crippen molar-refractivity contribution in [3.8, 4) is 0 Å². The average molecular weight is 396 g/mol. The minimum absolute atomic E-state index is 0.217. The van der Waals surface area contributed by atoms with Crippen LogP contribution in [0.1, 0.15) is 149 Å². The van der Waals surface area contributed by atoms with E-state index < -0.39 is 0 Å². The lowest BCUT2D eigenvalue weighted by Crippen LogP contribution is -2.35. The number of Topliss-reactive ketones (excluding diaryl/α,β-unsaturated/α-hetero) is 1. The normalized spacial score (nSPS) is 13.6. The largest absolute Gasteiger partial charge is 0.321 e. The van der Waals surface area contributed by atoms with Crippen LogP contribution in [0.4, 0.5) is 0 Å². The quantitative estimate of drug-likeness (QED) is 0.187. The molecule has 2 nitrogen and oxygen atoms in total. The second-order valence-corrected chi connectivity index (χ2v) is 9.02. The van der Waals surface area contributed by atoms with Crippen molar-refractivity contribution in [2.75, 3.05) is 0 Å². The Morgan fingerprint density at radius 1 is 0.536 bits per heavy atom. The number of unbranched alkanes of at least 4 members (excludes halogenated alkanes) is 14. The number of ketones is 1. The summed E-state index contributed by atoms with van der Waals surface area (Å²) in [5.74, 6) is 0.593. The molecule has 0 rings (SSSR count). The highest BCUT2D eigenvalue weighted by Gasteiger charge is 2.23. The van der Waals surface area contributed by atoms with Crippen LogP contribution < -0.4 is 5.73 Å². The van der Waals surface area contributed by atoms with Gasteiger partial charge in [-0.3, -0.25) is 4.79 Å². The molecule has 0 aliphatic rings. The Bertz CT molecular complexity index is 328. The van der Waals surface area contributed by atoms with E-state index in [1.807, 2.05) is 0 Å². The lowest BCUT2D eigenvalue weighted by molar-refractivity contribution is -0.124. The highest BCUT2D eigenvalue weighted by Crippen LogP contribution is 2.22. The predicted octanol–water partition coefficient (Wildman–Crippen LogP) is 8.36. The van der Waals surface area contributed by atoms with Crippen molar-refractivity contribution in [1.29, 1.82) is 0 Å². The Kier molecular flexibility index (Phi) is 21.1. The van der Waals surface area contributed by atoms with Gasteiger partial charge in [0.2, 0.25) is 0 Å². The van der Waals surface area contributed by atoms with E-state index >= 15 is 0 Å². The number of hydrogen-bond donors (Lipinski definition) is 1. The van der Waals surface area contributed by atoms with Crippen molar-refractivity contribution in [2.24, 2.45) is 11.7 Å². The molecule has 0 aromatic heterocycles. The first-order valence-corrected chi connectivity index (χ1v) is 13.0. The summed E-state index contributed by atoms with van der Waals surface area (Å²) in [6.45, 7) is 6.74. The highest BCUT2D eigenvalue weighted by molar-refractivity contribution is 5.86. The SMILES string of the molecule is CCCCCCCCCCC(CCCCCCCC)C(=O)C(N)CCCCC. The highest BCUT2D eigenvalue weighted by atomic mass is 16.1. The topological polar surface area (TPSA) is 43.1 Å². The van der Waals surface area contributed by atoms with Gasteiger partial charge < -0.3 is 5.73 Å². The van der Waals surface area contributed by atoms with Gasteiger partial charge >= 0.3 is 0 Å². The van der Waals surface area contributed by atoms with Crippen LogP contribution in [0, 0.1) is 5.92 Å². The Labute approximate surface area is 177 Å². The van der Waals surface area contributed by atoms with Crippen molar-refractivity contribution >= 4 is 5.78 Å². The van der Waals surface area contributed by atoms with Crippen molar-refractivity contribution < 1.29 is 4.79 Å². The van der Waals surface area contributed by atoms with E-state index in [4.69, 9.17) is 5.73 Å². The minimum atomic E-state index is -0.217. The molecular formula is C26H53NO. The van der Waals surface area contributed by atoms with Gasteiger partial charge in [0.25, 0.3) is 0 Å². The molecule has 0 bridgehead atoms. The summed E-state index contributed by atoms with van der Waals surface area (Å²) in [6.07, 6.45) is 25.0. The van der Waals surface area contributed by atoms with E-state index in [1.54, 1.807) is 0 Å². The first kappa shape index (κ1) is 27.6. The second kappa shape index (κ2) is 21.3. The molecule has 2 atom stereocenters. The smallest absolute Gasteiger partial charge is 0.152 e. The van der Waals surface area contributed by atoms with Gasteiger partial charge in [-0.05, 0) is 19.3 Å². The van der Waals surface area contributed by atoms with Crippen LogP contribution in [0.3, 0.4) is 0 Å². The molecule has 2 unspecified atom stereocenters. The molecule has 0 amide bonds. The third kappa shape index (κ3) is 16.6. The van der Waals surface area contributed by atoms with Crippen LogP contribution in [-0.2, 0) is 4.79 Å². The first-order chi connectivity index (χ1) is 13.7. The zero-order valence-electron chi connectivity index (χ0n) is 19.8. The molecule has 2 N–H and O–H groups in total. The van der Waals surface area contributed by atoms with Gasteiger partial charge in [0.15, 0.2) is 5.78 Å². The summed E-state index contributed by atoms with van der Waals surface area (Å²) in [5.41, 5.74) is 6.28. The Morgan fingerprint density at radius 3 is 1.29 bits per heavy atom. The summed E-state index contributed by atoms with van der Waals surface area (Å²) >= 11 is 0. The maximum atomic E-state index is 12.9. The zero-order valence-corrected chi connectivity index (χ0v) is 19.8. The molecule has 0 aliphatic carbocycles. The molecule has 0 fully saturated rings. The van der Waals surface area contributed by atoms with E-state index in [2.05, 4.69) is 20.8 Å². The fourth-order valence-electron chi connectivity index (χ4n) is 4.18. The Morgan fingerprint density at radius 2 is 0.857 bits per heavy atom. The molecule has 0 aromatic rings. The number of nitrogens with two attached hydrogens (primary N) is 1. The van der Waals surface area contributed by atoms with Crippen molar-refractivity contribution in [2.45, 2.75) is 155 Å². The first-order valence-electron chi connectivity index (χ1n) is 13.0. The van der Waals surface area contributed by atoms with Gasteiger partial charge in [-0.1, -0.05) is 130 Å². The summed E-state index contributed by atoms with van der Waals surface area (Å²) < 4.78 is 0. The molecule has 168 valence electrons. The molecular weight excluding hydrogens is 342 g/mol. The molecule has 0 heterocycles. The molecule has 28 heavy (non-hydrogen) atoms. The zero-order chi connectivity index (χ0) is 20.9. The fourth-order valence-corrected chi connectivity index (χ4v) is 4.18. The summed E-state index contributed by atoms with van der Waals surface area (Å²) in [5, 5.41) is 0. The van der Waals surface area contributed by atoms with Gasteiger partial charge in [0, 0.05) is 5.92 Å². The van der Waals surface area contributed by atoms with Crippen LogP contribution in [0.2, 0.25) is 0 Å². The summed E-state index contributed by atoms with van der Waals surface area (Å²) in [6, 6.07) is -0.217. The molecule has 0 spiro atoms. The summed E-state index contributed by atoms with van der Waals surface area (Å²) in [4.78, 5) is 12.9. The van der Waals surface area contributed by atoms with Crippen LogP contribution in [0.25, 0.3) is 0 Å². The van der Waals surface area contributed by atoms with Crippen LogP contribution in [-0.4, -0.2) is 11.8 Å². The van der Waals surface area contributed by atoms with Gasteiger partial charge in [0.1, 0.15) is 0 Å². The third-order valence-electron chi connectivity index (χ3n) is 6.20. The predicted molar refractivity (Wildman–Crippen MR) is 126 cm³/mol. The van der Waals surface area contributed by atoms with Crippen LogP contribution in [0.5, 0.6) is 0 Å². The van der Waals surface area contributed by atoms with Crippen molar-refractivity contribution in [3.05, 3.63) is 0 Å². The lowest BCUT2D eigenvalue weighted by atomic mass is 9.86. The fraction of sp³-hybridized carbons (Fsp3) is 0.962. The van der Waals surface area contributed by atoms with E-state index in [-0.39, 0.29) is 12.0 Å². The summed E-state index contributed by atoms with van der Waals surface area (Å²) in [7, 11) is 0. The maximum Gasteiger partial charge on any atom is 0.152 e. The second-order valence-electron chi connectivity index (χ2n) is 9.02.